The highest BCUT2D eigenvalue weighted by Crippen LogP contribution is 2.45. The van der Waals surface area contributed by atoms with Crippen LogP contribution in [0.15, 0.2) is 167 Å². The van der Waals surface area contributed by atoms with Crippen molar-refractivity contribution >= 4 is 99.5 Å². The van der Waals surface area contributed by atoms with Gasteiger partial charge in [0.1, 0.15) is 22.3 Å². The molecule has 2 heterocycles. The predicted molar refractivity (Wildman–Crippen MR) is 254 cm³/mol. The van der Waals surface area contributed by atoms with Crippen LogP contribution in [-0.2, 0) is 0 Å². The van der Waals surface area contributed by atoms with E-state index in [-0.39, 0.29) is 0 Å². The molecular weight excluding hydrogens is 733 g/mol. The Kier molecular flexibility index (Phi) is 8.15. The summed E-state index contributed by atoms with van der Waals surface area (Å²) in [5, 5.41) is 8.89. The number of furan rings is 2. The molecule has 0 spiro atoms. The van der Waals surface area contributed by atoms with Gasteiger partial charge in [-0.1, -0.05) is 60.7 Å². The summed E-state index contributed by atoms with van der Waals surface area (Å²) < 4.78 is 13.4. The molecular formula is C56H44N2O2. The number of hydrogen-bond acceptors (Lipinski definition) is 4. The Labute approximate surface area is 349 Å². The van der Waals surface area contributed by atoms with Gasteiger partial charge in [-0.2, -0.15) is 0 Å². The van der Waals surface area contributed by atoms with E-state index in [0.717, 1.165) is 99.5 Å². The molecule has 0 atom stereocenters. The lowest BCUT2D eigenvalue weighted by Crippen LogP contribution is -2.11. The SMILES string of the molecule is Cc1ccc(N(c2ccc3cc4c(cc3c2)oc2ccc3oc5cc6cc(N(c7ccc(C)c(C)c7)c7ccccc7C)ccc6cc5c3c24)c2ccccc2C)cc1C. The number of nitrogens with zero attached hydrogens (tertiary/aromatic N) is 2. The Hall–Kier alpha value is -7.30. The zero-order chi connectivity index (χ0) is 40.8. The van der Waals surface area contributed by atoms with Gasteiger partial charge in [-0.3, -0.25) is 0 Å². The summed E-state index contributed by atoms with van der Waals surface area (Å²) in [7, 11) is 0. The van der Waals surface area contributed by atoms with Crippen LogP contribution in [0.4, 0.5) is 34.1 Å². The van der Waals surface area contributed by atoms with Crippen LogP contribution in [0, 0.1) is 41.5 Å². The van der Waals surface area contributed by atoms with Gasteiger partial charge in [-0.05, 0) is 194 Å². The van der Waals surface area contributed by atoms with Crippen LogP contribution in [0.25, 0.3) is 65.4 Å². The zero-order valence-corrected chi connectivity index (χ0v) is 34.7. The van der Waals surface area contributed by atoms with Crippen molar-refractivity contribution in [2.45, 2.75) is 41.5 Å². The summed E-state index contributed by atoms with van der Waals surface area (Å²) in [6.07, 6.45) is 0. The molecule has 0 radical (unpaired) electrons. The summed E-state index contributed by atoms with van der Waals surface area (Å²) in [6.45, 7) is 13.0. The number of benzene rings is 9. The van der Waals surface area contributed by atoms with Crippen molar-refractivity contribution in [1.29, 1.82) is 0 Å². The molecule has 0 amide bonds. The summed E-state index contributed by atoms with van der Waals surface area (Å²) in [5.41, 5.74) is 17.8. The molecule has 2 aromatic heterocycles. The Morgan fingerprint density at radius 3 is 1.12 bits per heavy atom. The number of rotatable bonds is 6. The van der Waals surface area contributed by atoms with Gasteiger partial charge in [0.25, 0.3) is 0 Å². The number of aryl methyl sites for hydroxylation is 6. The van der Waals surface area contributed by atoms with Crippen molar-refractivity contribution in [3.63, 3.8) is 0 Å². The van der Waals surface area contributed by atoms with Gasteiger partial charge in [-0.25, -0.2) is 0 Å². The third-order valence-electron chi connectivity index (χ3n) is 12.7. The third-order valence-corrected chi connectivity index (χ3v) is 12.7. The molecule has 0 aliphatic carbocycles. The predicted octanol–water partition coefficient (Wildman–Crippen LogP) is 16.6. The second-order valence-electron chi connectivity index (χ2n) is 16.6. The van der Waals surface area contributed by atoms with Crippen LogP contribution >= 0.6 is 0 Å². The minimum atomic E-state index is 0.852. The molecule has 11 aromatic rings. The first-order valence-corrected chi connectivity index (χ1v) is 20.7. The van der Waals surface area contributed by atoms with E-state index >= 15 is 0 Å². The third kappa shape index (κ3) is 5.74. The quantitative estimate of drug-likeness (QED) is 0.168. The van der Waals surface area contributed by atoms with Crippen LogP contribution < -0.4 is 9.80 Å². The number of hydrogen-bond donors (Lipinski definition) is 0. The normalized spacial score (nSPS) is 11.8. The summed E-state index contributed by atoms with van der Waals surface area (Å²) >= 11 is 0. The second-order valence-corrected chi connectivity index (χ2v) is 16.6. The lowest BCUT2D eigenvalue weighted by atomic mass is 10.00. The first-order valence-electron chi connectivity index (χ1n) is 20.7. The molecule has 0 saturated heterocycles. The molecule has 0 aliphatic rings. The van der Waals surface area contributed by atoms with E-state index in [9.17, 15) is 0 Å². The minimum absolute atomic E-state index is 0.852. The Bertz CT molecular complexity index is 3300. The molecule has 9 aromatic carbocycles. The van der Waals surface area contributed by atoms with Gasteiger partial charge >= 0.3 is 0 Å². The van der Waals surface area contributed by atoms with Crippen molar-refractivity contribution < 1.29 is 8.83 Å². The fraction of sp³-hybridized carbons (Fsp3) is 0.107. The van der Waals surface area contributed by atoms with Crippen molar-refractivity contribution in [2.24, 2.45) is 0 Å². The van der Waals surface area contributed by atoms with E-state index in [1.807, 2.05) is 0 Å². The molecule has 60 heavy (non-hydrogen) atoms. The summed E-state index contributed by atoms with van der Waals surface area (Å²) in [4.78, 5) is 4.73. The number of para-hydroxylation sites is 2. The molecule has 0 N–H and O–H groups in total. The van der Waals surface area contributed by atoms with E-state index in [4.69, 9.17) is 8.83 Å². The van der Waals surface area contributed by atoms with E-state index in [2.05, 4.69) is 209 Å². The van der Waals surface area contributed by atoms with E-state index in [1.54, 1.807) is 0 Å². The molecule has 0 fully saturated rings. The first kappa shape index (κ1) is 35.8. The highest BCUT2D eigenvalue weighted by molar-refractivity contribution is 6.28. The van der Waals surface area contributed by atoms with Crippen LogP contribution in [0.1, 0.15) is 33.4 Å². The molecule has 0 saturated carbocycles. The topological polar surface area (TPSA) is 32.8 Å². The van der Waals surface area contributed by atoms with E-state index in [0.29, 0.717) is 0 Å². The fourth-order valence-corrected chi connectivity index (χ4v) is 9.08. The zero-order valence-electron chi connectivity index (χ0n) is 34.7. The van der Waals surface area contributed by atoms with Gasteiger partial charge in [0, 0.05) is 55.7 Å². The summed E-state index contributed by atoms with van der Waals surface area (Å²) in [5.74, 6) is 0. The molecule has 0 unspecified atom stereocenters. The van der Waals surface area contributed by atoms with E-state index in [1.165, 1.54) is 33.4 Å². The standard InChI is InChI=1S/C56H44N2O2/c1-33-15-19-43(25-37(33)5)57(49-13-9-7-11-35(49)3)45-21-17-39-29-47-53(31-41(39)27-45)59-51-23-24-52-56(55(47)51)48-30-40-18-22-46(28-42(40)32-54(48)60-52)58(50-14-10-8-12-36(50)4)44-20-16-34(2)38(6)26-44/h7-32H,1-6H3. The average Bonchev–Trinajstić information content (AvgIpc) is 3.80. The minimum Gasteiger partial charge on any atom is -0.456 e. The Balaban J connectivity index is 1.05. The van der Waals surface area contributed by atoms with Gasteiger partial charge in [0.05, 0.1) is 0 Å². The Morgan fingerprint density at radius 1 is 0.300 bits per heavy atom. The number of fused-ring (bicyclic) bond motifs is 9. The van der Waals surface area contributed by atoms with Gasteiger partial charge < -0.3 is 18.6 Å². The maximum Gasteiger partial charge on any atom is 0.136 e. The van der Waals surface area contributed by atoms with Gasteiger partial charge in [0.15, 0.2) is 0 Å². The fourth-order valence-electron chi connectivity index (χ4n) is 9.08. The van der Waals surface area contributed by atoms with Crippen molar-refractivity contribution in [3.05, 3.63) is 191 Å². The lowest BCUT2D eigenvalue weighted by molar-refractivity contribution is 0.663. The van der Waals surface area contributed by atoms with Crippen molar-refractivity contribution in [1.82, 2.24) is 0 Å². The molecule has 4 nitrogen and oxygen atoms in total. The van der Waals surface area contributed by atoms with Crippen LogP contribution in [0.5, 0.6) is 0 Å². The van der Waals surface area contributed by atoms with Crippen molar-refractivity contribution in [2.75, 3.05) is 9.80 Å². The van der Waals surface area contributed by atoms with Gasteiger partial charge in [-0.15, -0.1) is 0 Å². The number of anilines is 6. The summed E-state index contributed by atoms with van der Waals surface area (Å²) in [6, 6.07) is 57.2. The highest BCUT2D eigenvalue weighted by atomic mass is 16.3. The lowest BCUT2D eigenvalue weighted by Gasteiger charge is -2.28. The molecule has 0 aliphatic heterocycles. The molecule has 4 heteroatoms. The largest absolute Gasteiger partial charge is 0.456 e. The van der Waals surface area contributed by atoms with E-state index < -0.39 is 0 Å². The monoisotopic (exact) mass is 776 g/mol. The van der Waals surface area contributed by atoms with Gasteiger partial charge in [0.2, 0.25) is 0 Å². The highest BCUT2D eigenvalue weighted by Gasteiger charge is 2.21. The van der Waals surface area contributed by atoms with Crippen molar-refractivity contribution in [3.8, 4) is 0 Å². The maximum atomic E-state index is 6.68. The molecule has 0 bridgehead atoms. The Morgan fingerprint density at radius 2 is 0.700 bits per heavy atom. The first-order chi connectivity index (χ1) is 29.2. The smallest absolute Gasteiger partial charge is 0.136 e. The second kappa shape index (κ2) is 13.6. The average molecular weight is 777 g/mol. The molecule has 11 rings (SSSR count). The van der Waals surface area contributed by atoms with Crippen LogP contribution in [0.3, 0.4) is 0 Å². The molecule has 290 valence electrons. The van der Waals surface area contributed by atoms with Crippen LogP contribution in [0.2, 0.25) is 0 Å². The maximum absolute atomic E-state index is 6.68. The van der Waals surface area contributed by atoms with Crippen LogP contribution in [-0.4, -0.2) is 0 Å².